The van der Waals surface area contributed by atoms with Crippen molar-refractivity contribution in [3.63, 3.8) is 0 Å². The quantitative estimate of drug-likeness (QED) is 0.486. The SMILES string of the molecule is Cc1ccc2c(oc3ccccc32)c1-c1n(C)cc[n+]1C. The van der Waals surface area contributed by atoms with E-state index in [-0.39, 0.29) is 0 Å². The molecule has 0 bridgehead atoms. The predicted molar refractivity (Wildman–Crippen MR) is 84.0 cm³/mol. The van der Waals surface area contributed by atoms with Gasteiger partial charge in [-0.1, -0.05) is 30.3 Å². The van der Waals surface area contributed by atoms with E-state index in [9.17, 15) is 0 Å². The van der Waals surface area contributed by atoms with Gasteiger partial charge in [-0.25, -0.2) is 9.13 Å². The smallest absolute Gasteiger partial charge is 0.292 e. The Morgan fingerprint density at radius 1 is 1.05 bits per heavy atom. The van der Waals surface area contributed by atoms with Crippen LogP contribution in [0.2, 0.25) is 0 Å². The molecule has 4 aromatic rings. The number of nitrogens with zero attached hydrogens (tertiary/aromatic N) is 2. The predicted octanol–water partition coefficient (Wildman–Crippen LogP) is 3.72. The lowest BCUT2D eigenvalue weighted by Gasteiger charge is -2.04. The lowest BCUT2D eigenvalue weighted by molar-refractivity contribution is -0.659. The summed E-state index contributed by atoms with van der Waals surface area (Å²) in [5, 5.41) is 2.35. The van der Waals surface area contributed by atoms with Crippen LogP contribution in [-0.4, -0.2) is 4.57 Å². The molecule has 0 aliphatic carbocycles. The monoisotopic (exact) mass is 277 g/mol. The second kappa shape index (κ2) is 4.22. The molecule has 0 fully saturated rings. The molecule has 2 aromatic heterocycles. The lowest BCUT2D eigenvalue weighted by Crippen LogP contribution is -2.29. The molecule has 0 amide bonds. The second-order valence-corrected chi connectivity index (χ2v) is 5.58. The summed E-state index contributed by atoms with van der Waals surface area (Å²) in [5.74, 6) is 1.15. The highest BCUT2D eigenvalue weighted by Crippen LogP contribution is 2.36. The largest absolute Gasteiger partial charge is 0.455 e. The minimum Gasteiger partial charge on any atom is -0.455 e. The third-order valence-electron chi connectivity index (χ3n) is 4.16. The number of furan rings is 1. The topological polar surface area (TPSA) is 21.9 Å². The van der Waals surface area contributed by atoms with Crippen LogP contribution in [-0.2, 0) is 14.1 Å². The summed E-state index contributed by atoms with van der Waals surface area (Å²) in [4.78, 5) is 0. The van der Waals surface area contributed by atoms with Gasteiger partial charge < -0.3 is 4.42 Å². The van der Waals surface area contributed by atoms with Gasteiger partial charge in [-0.05, 0) is 18.6 Å². The highest BCUT2D eigenvalue weighted by molar-refractivity contribution is 6.09. The summed E-state index contributed by atoms with van der Waals surface area (Å²) in [6, 6.07) is 12.5. The number of benzene rings is 2. The third kappa shape index (κ3) is 1.64. The standard InChI is InChI=1S/C18H17N2O/c1-12-8-9-14-13-6-4-5-7-15(13)21-17(14)16(12)18-19(2)10-11-20(18)3/h4-11H,1-3H3/q+1. The number of aryl methyl sites for hydroxylation is 3. The Kier molecular flexibility index (Phi) is 2.45. The van der Waals surface area contributed by atoms with E-state index < -0.39 is 0 Å². The van der Waals surface area contributed by atoms with Crippen molar-refractivity contribution in [2.45, 2.75) is 6.92 Å². The zero-order valence-corrected chi connectivity index (χ0v) is 12.4. The number of para-hydroxylation sites is 1. The summed E-state index contributed by atoms with van der Waals surface area (Å²) in [6.07, 6.45) is 4.13. The Morgan fingerprint density at radius 2 is 1.86 bits per heavy atom. The van der Waals surface area contributed by atoms with E-state index in [1.54, 1.807) is 0 Å². The van der Waals surface area contributed by atoms with Crippen LogP contribution in [0.15, 0.2) is 53.2 Å². The molecule has 0 radical (unpaired) electrons. The third-order valence-corrected chi connectivity index (χ3v) is 4.16. The van der Waals surface area contributed by atoms with Crippen molar-refractivity contribution >= 4 is 21.9 Å². The van der Waals surface area contributed by atoms with Crippen molar-refractivity contribution < 1.29 is 8.98 Å². The molecule has 4 rings (SSSR count). The van der Waals surface area contributed by atoms with Crippen LogP contribution < -0.4 is 4.57 Å². The maximum Gasteiger partial charge on any atom is 0.292 e. The zero-order valence-electron chi connectivity index (χ0n) is 12.4. The summed E-state index contributed by atoms with van der Waals surface area (Å²) >= 11 is 0. The van der Waals surface area contributed by atoms with Crippen LogP contribution in [0.1, 0.15) is 5.56 Å². The van der Waals surface area contributed by atoms with Crippen molar-refractivity contribution in [3.05, 3.63) is 54.4 Å². The first kappa shape index (κ1) is 12.2. The molecule has 0 saturated heterocycles. The number of imidazole rings is 1. The molecule has 0 spiro atoms. The van der Waals surface area contributed by atoms with Gasteiger partial charge in [0.15, 0.2) is 5.58 Å². The first-order valence-corrected chi connectivity index (χ1v) is 7.09. The molecule has 2 aromatic carbocycles. The van der Waals surface area contributed by atoms with Gasteiger partial charge >= 0.3 is 0 Å². The number of fused-ring (bicyclic) bond motifs is 3. The van der Waals surface area contributed by atoms with Crippen molar-refractivity contribution in [2.75, 3.05) is 0 Å². The number of hydrogen-bond acceptors (Lipinski definition) is 1. The molecule has 0 unspecified atom stereocenters. The van der Waals surface area contributed by atoms with Crippen molar-refractivity contribution in [2.24, 2.45) is 14.1 Å². The molecule has 3 nitrogen and oxygen atoms in total. The van der Waals surface area contributed by atoms with Crippen molar-refractivity contribution in [3.8, 4) is 11.4 Å². The number of hydrogen-bond donors (Lipinski definition) is 0. The van der Waals surface area contributed by atoms with E-state index in [2.05, 4.69) is 66.8 Å². The molecule has 0 saturated carbocycles. The van der Waals surface area contributed by atoms with E-state index >= 15 is 0 Å². The van der Waals surface area contributed by atoms with Gasteiger partial charge in [-0.2, -0.15) is 0 Å². The first-order chi connectivity index (χ1) is 10.2. The summed E-state index contributed by atoms with van der Waals surface area (Å²) < 4.78 is 10.4. The zero-order chi connectivity index (χ0) is 14.6. The maximum atomic E-state index is 6.17. The number of rotatable bonds is 1. The maximum absolute atomic E-state index is 6.17. The highest BCUT2D eigenvalue weighted by atomic mass is 16.3. The van der Waals surface area contributed by atoms with Crippen LogP contribution in [0.3, 0.4) is 0 Å². The van der Waals surface area contributed by atoms with Gasteiger partial charge in [0.05, 0.1) is 14.1 Å². The van der Waals surface area contributed by atoms with Crippen LogP contribution in [0, 0.1) is 6.92 Å². The molecule has 0 atom stereocenters. The van der Waals surface area contributed by atoms with Gasteiger partial charge in [0, 0.05) is 10.8 Å². The van der Waals surface area contributed by atoms with Gasteiger partial charge in [-0.15, -0.1) is 0 Å². The minimum atomic E-state index is 0.941. The Hall–Kier alpha value is -2.55. The van der Waals surface area contributed by atoms with E-state index in [4.69, 9.17) is 4.42 Å². The molecule has 21 heavy (non-hydrogen) atoms. The van der Waals surface area contributed by atoms with Gasteiger partial charge in [0.1, 0.15) is 23.5 Å². The minimum absolute atomic E-state index is 0.941. The van der Waals surface area contributed by atoms with Crippen molar-refractivity contribution in [1.82, 2.24) is 4.57 Å². The van der Waals surface area contributed by atoms with Crippen LogP contribution in [0.4, 0.5) is 0 Å². The Balaban J connectivity index is 2.20. The molecule has 0 aliphatic heterocycles. The van der Waals surface area contributed by atoms with Crippen LogP contribution in [0.5, 0.6) is 0 Å². The lowest BCUT2D eigenvalue weighted by atomic mass is 10.0. The second-order valence-electron chi connectivity index (χ2n) is 5.58. The van der Waals surface area contributed by atoms with Gasteiger partial charge in [0.2, 0.25) is 0 Å². The molecular weight excluding hydrogens is 260 g/mol. The van der Waals surface area contributed by atoms with Crippen LogP contribution in [0.25, 0.3) is 33.3 Å². The fourth-order valence-corrected chi connectivity index (χ4v) is 3.11. The Morgan fingerprint density at radius 3 is 2.62 bits per heavy atom. The summed E-state index contributed by atoms with van der Waals surface area (Å²) in [7, 11) is 4.13. The van der Waals surface area contributed by atoms with Gasteiger partial charge in [-0.3, -0.25) is 0 Å². The Labute approximate surface area is 123 Å². The average molecular weight is 277 g/mol. The van der Waals surface area contributed by atoms with Crippen LogP contribution >= 0.6 is 0 Å². The summed E-state index contributed by atoms with van der Waals surface area (Å²) in [6.45, 7) is 2.13. The summed E-state index contributed by atoms with van der Waals surface area (Å²) in [5.41, 5.74) is 4.29. The van der Waals surface area contributed by atoms with Crippen molar-refractivity contribution in [1.29, 1.82) is 0 Å². The fourth-order valence-electron chi connectivity index (χ4n) is 3.11. The van der Waals surface area contributed by atoms with E-state index in [0.717, 1.165) is 17.0 Å². The molecule has 104 valence electrons. The van der Waals surface area contributed by atoms with E-state index in [1.165, 1.54) is 21.9 Å². The highest BCUT2D eigenvalue weighted by Gasteiger charge is 2.23. The fraction of sp³-hybridized carbons (Fsp3) is 0.167. The molecule has 2 heterocycles. The van der Waals surface area contributed by atoms with E-state index in [0.29, 0.717) is 0 Å². The Bertz CT molecular complexity index is 956. The average Bonchev–Trinajstić information content (AvgIpc) is 3.01. The normalized spacial score (nSPS) is 11.6. The molecular formula is C18H17N2O+. The molecule has 0 N–H and O–H groups in total. The first-order valence-electron chi connectivity index (χ1n) is 7.09. The van der Waals surface area contributed by atoms with E-state index in [1.807, 2.05) is 12.1 Å². The van der Waals surface area contributed by atoms with Gasteiger partial charge in [0.25, 0.3) is 5.82 Å². The molecule has 0 aliphatic rings. The number of aromatic nitrogens is 2. The molecule has 3 heteroatoms.